The van der Waals surface area contributed by atoms with Crippen LogP contribution >= 0.6 is 0 Å². The summed E-state index contributed by atoms with van der Waals surface area (Å²) in [5.74, 6) is 0.112. The lowest BCUT2D eigenvalue weighted by Crippen LogP contribution is -2.11. The lowest BCUT2D eigenvalue weighted by atomic mass is 9.99. The highest BCUT2D eigenvalue weighted by molar-refractivity contribution is 5.16. The minimum absolute atomic E-state index is 0.112. The van der Waals surface area contributed by atoms with Gasteiger partial charge in [0, 0.05) is 6.61 Å². The first-order chi connectivity index (χ1) is 8.13. The minimum Gasteiger partial charge on any atom is -0.396 e. The van der Waals surface area contributed by atoms with Gasteiger partial charge in [0.15, 0.2) is 0 Å². The first-order valence-corrected chi connectivity index (χ1v) is 6.14. The van der Waals surface area contributed by atoms with Crippen molar-refractivity contribution < 1.29 is 10.2 Å². The molecule has 94 valence electrons. The molecule has 0 unspecified atom stereocenters. The molecule has 0 aliphatic heterocycles. The molecule has 0 heterocycles. The lowest BCUT2D eigenvalue weighted by molar-refractivity contribution is 0.198. The first-order valence-electron chi connectivity index (χ1n) is 6.14. The molecule has 2 heteroatoms. The van der Waals surface area contributed by atoms with E-state index in [0.717, 1.165) is 18.4 Å². The van der Waals surface area contributed by atoms with Gasteiger partial charge in [0.05, 0.1) is 6.10 Å². The summed E-state index contributed by atoms with van der Waals surface area (Å²) in [7, 11) is 0. The molecule has 2 N–H and O–H groups in total. The largest absolute Gasteiger partial charge is 0.396 e. The van der Waals surface area contributed by atoms with Crippen molar-refractivity contribution in [2.75, 3.05) is 6.61 Å². The number of benzene rings is 1. The van der Waals surface area contributed by atoms with Crippen LogP contribution in [0.1, 0.15) is 25.8 Å². The SMILES string of the molecule is C/C(=C/[C@H](C)CO)[C@H](O)CCc1ccccc1. The van der Waals surface area contributed by atoms with Gasteiger partial charge in [0.1, 0.15) is 0 Å². The normalized spacial score (nSPS) is 15.6. The van der Waals surface area contributed by atoms with Crippen LogP contribution in [-0.2, 0) is 6.42 Å². The second kappa shape index (κ2) is 7.25. The van der Waals surface area contributed by atoms with Crippen LogP contribution < -0.4 is 0 Å². The van der Waals surface area contributed by atoms with Crippen molar-refractivity contribution in [2.45, 2.75) is 32.8 Å². The molecular weight excluding hydrogens is 212 g/mol. The first kappa shape index (κ1) is 13.9. The fraction of sp³-hybridized carbons (Fsp3) is 0.467. The molecule has 0 aliphatic carbocycles. The summed E-state index contributed by atoms with van der Waals surface area (Å²) >= 11 is 0. The van der Waals surface area contributed by atoms with E-state index in [9.17, 15) is 5.11 Å². The Morgan fingerprint density at radius 3 is 2.53 bits per heavy atom. The maximum Gasteiger partial charge on any atom is 0.0750 e. The zero-order valence-electron chi connectivity index (χ0n) is 10.6. The summed E-state index contributed by atoms with van der Waals surface area (Å²) in [6.45, 7) is 3.98. The van der Waals surface area contributed by atoms with Crippen LogP contribution in [0.3, 0.4) is 0 Å². The van der Waals surface area contributed by atoms with Crippen molar-refractivity contribution in [2.24, 2.45) is 5.92 Å². The van der Waals surface area contributed by atoms with Crippen molar-refractivity contribution in [3.8, 4) is 0 Å². The average molecular weight is 234 g/mol. The Hall–Kier alpha value is -1.12. The van der Waals surface area contributed by atoms with Gasteiger partial charge in [-0.3, -0.25) is 0 Å². The summed E-state index contributed by atoms with van der Waals surface area (Å²) in [6, 6.07) is 10.2. The Labute approximate surface area is 104 Å². The van der Waals surface area contributed by atoms with Crippen molar-refractivity contribution in [3.05, 3.63) is 47.5 Å². The quantitative estimate of drug-likeness (QED) is 0.743. The second-order valence-electron chi connectivity index (χ2n) is 4.61. The van der Waals surface area contributed by atoms with E-state index in [1.54, 1.807) is 0 Å². The average Bonchev–Trinajstić information content (AvgIpc) is 2.36. The predicted octanol–water partition coefficient (Wildman–Crippen LogP) is 2.55. The second-order valence-corrected chi connectivity index (χ2v) is 4.61. The van der Waals surface area contributed by atoms with Gasteiger partial charge in [-0.2, -0.15) is 0 Å². The van der Waals surface area contributed by atoms with Gasteiger partial charge >= 0.3 is 0 Å². The van der Waals surface area contributed by atoms with Crippen LogP contribution in [0.2, 0.25) is 0 Å². The number of rotatable bonds is 6. The van der Waals surface area contributed by atoms with Crippen LogP contribution in [0, 0.1) is 5.92 Å². The Balaban J connectivity index is 2.44. The molecule has 0 aromatic heterocycles. The summed E-state index contributed by atoms with van der Waals surface area (Å²) in [4.78, 5) is 0. The van der Waals surface area contributed by atoms with Crippen molar-refractivity contribution in [1.82, 2.24) is 0 Å². The molecule has 0 aliphatic rings. The molecule has 1 rings (SSSR count). The summed E-state index contributed by atoms with van der Waals surface area (Å²) < 4.78 is 0. The third-order valence-electron chi connectivity index (χ3n) is 2.91. The molecule has 0 spiro atoms. The Bertz CT molecular complexity index is 343. The number of aliphatic hydroxyl groups excluding tert-OH is 2. The highest BCUT2D eigenvalue weighted by Crippen LogP contribution is 2.13. The molecular formula is C15H22O2. The maximum absolute atomic E-state index is 9.97. The molecule has 2 nitrogen and oxygen atoms in total. The zero-order valence-corrected chi connectivity index (χ0v) is 10.6. The van der Waals surface area contributed by atoms with Crippen LogP contribution in [0.15, 0.2) is 42.0 Å². The lowest BCUT2D eigenvalue weighted by Gasteiger charge is -2.13. The molecule has 0 saturated heterocycles. The van der Waals surface area contributed by atoms with Gasteiger partial charge < -0.3 is 10.2 Å². The summed E-state index contributed by atoms with van der Waals surface area (Å²) in [5.41, 5.74) is 2.19. The molecule has 0 bridgehead atoms. The highest BCUT2D eigenvalue weighted by atomic mass is 16.3. The van der Waals surface area contributed by atoms with E-state index in [2.05, 4.69) is 12.1 Å². The molecule has 0 saturated carbocycles. The molecule has 17 heavy (non-hydrogen) atoms. The van der Waals surface area contributed by atoms with Crippen molar-refractivity contribution in [3.63, 3.8) is 0 Å². The van der Waals surface area contributed by atoms with E-state index in [1.807, 2.05) is 38.1 Å². The van der Waals surface area contributed by atoms with Gasteiger partial charge in [-0.1, -0.05) is 43.3 Å². The third kappa shape index (κ3) is 5.16. The van der Waals surface area contributed by atoms with E-state index in [-0.39, 0.29) is 12.5 Å². The van der Waals surface area contributed by atoms with Gasteiger partial charge in [-0.05, 0) is 36.8 Å². The van der Waals surface area contributed by atoms with Gasteiger partial charge in [0.25, 0.3) is 0 Å². The molecule has 0 radical (unpaired) electrons. The molecule has 0 amide bonds. The van der Waals surface area contributed by atoms with E-state index >= 15 is 0 Å². The number of hydrogen-bond donors (Lipinski definition) is 2. The van der Waals surface area contributed by atoms with E-state index in [1.165, 1.54) is 5.56 Å². The smallest absolute Gasteiger partial charge is 0.0750 e. The molecule has 2 atom stereocenters. The zero-order chi connectivity index (χ0) is 12.7. The standard InChI is InChI=1S/C15H22O2/c1-12(11-16)10-13(2)15(17)9-8-14-6-4-3-5-7-14/h3-7,10,12,15-17H,8-9,11H2,1-2H3/b13-10-/t12-,15+/m0/s1. The Kier molecular flexibility index (Phi) is 5.95. The van der Waals surface area contributed by atoms with Crippen LogP contribution in [-0.4, -0.2) is 22.9 Å². The van der Waals surface area contributed by atoms with Gasteiger partial charge in [0.2, 0.25) is 0 Å². The minimum atomic E-state index is -0.413. The van der Waals surface area contributed by atoms with E-state index in [4.69, 9.17) is 5.11 Å². The van der Waals surface area contributed by atoms with E-state index in [0.29, 0.717) is 0 Å². The Morgan fingerprint density at radius 2 is 1.94 bits per heavy atom. The Morgan fingerprint density at radius 1 is 1.29 bits per heavy atom. The summed E-state index contributed by atoms with van der Waals surface area (Å²) in [5, 5.41) is 18.9. The molecule has 1 aromatic rings. The highest BCUT2D eigenvalue weighted by Gasteiger charge is 2.08. The van der Waals surface area contributed by atoms with Crippen molar-refractivity contribution >= 4 is 0 Å². The fourth-order valence-corrected chi connectivity index (χ4v) is 1.79. The topological polar surface area (TPSA) is 40.5 Å². The predicted molar refractivity (Wildman–Crippen MR) is 70.8 cm³/mol. The van der Waals surface area contributed by atoms with E-state index < -0.39 is 6.10 Å². The number of aryl methyl sites for hydroxylation is 1. The number of aliphatic hydroxyl groups is 2. The third-order valence-corrected chi connectivity index (χ3v) is 2.91. The van der Waals surface area contributed by atoms with Gasteiger partial charge in [-0.15, -0.1) is 0 Å². The van der Waals surface area contributed by atoms with Gasteiger partial charge in [-0.25, -0.2) is 0 Å². The molecule has 1 aromatic carbocycles. The van der Waals surface area contributed by atoms with Crippen LogP contribution in [0.4, 0.5) is 0 Å². The maximum atomic E-state index is 9.97. The summed E-state index contributed by atoms with van der Waals surface area (Å²) in [6.07, 6.45) is 3.13. The number of hydrogen-bond acceptors (Lipinski definition) is 2. The molecule has 0 fully saturated rings. The van der Waals surface area contributed by atoms with Crippen LogP contribution in [0.25, 0.3) is 0 Å². The fourth-order valence-electron chi connectivity index (χ4n) is 1.79. The van der Waals surface area contributed by atoms with Crippen LogP contribution in [0.5, 0.6) is 0 Å². The monoisotopic (exact) mass is 234 g/mol. The van der Waals surface area contributed by atoms with Crippen molar-refractivity contribution in [1.29, 1.82) is 0 Å².